The monoisotopic (exact) mass is 485 g/mol. The number of rotatable bonds is 9. The van der Waals surface area contributed by atoms with Gasteiger partial charge in [-0.3, -0.25) is 4.72 Å². The number of nitrogens with zero attached hydrogens (tertiary/aromatic N) is 2. The Hall–Kier alpha value is -2.93. The summed E-state index contributed by atoms with van der Waals surface area (Å²) in [7, 11) is -2.66. The molecule has 0 aliphatic heterocycles. The molecule has 2 atom stereocenters. The molecular formula is C21H28FN3O7S. The van der Waals surface area contributed by atoms with Crippen LogP contribution in [0.5, 0.6) is 0 Å². The van der Waals surface area contributed by atoms with Crippen LogP contribution in [0.25, 0.3) is 17.3 Å². The van der Waals surface area contributed by atoms with Gasteiger partial charge in [0.15, 0.2) is 6.10 Å². The molecule has 0 bridgehead atoms. The fourth-order valence-corrected chi connectivity index (χ4v) is 3.17. The molecule has 0 spiro atoms. The second-order valence-corrected chi connectivity index (χ2v) is 9.00. The number of sulfonamides is 1. The first-order valence-electron chi connectivity index (χ1n) is 9.75. The number of carboxylic acid groups (broad SMARTS) is 1. The zero-order valence-electron chi connectivity index (χ0n) is 18.6. The number of aliphatic hydroxyl groups is 3. The van der Waals surface area contributed by atoms with E-state index in [1.165, 1.54) is 36.4 Å². The lowest BCUT2D eigenvalue weighted by molar-refractivity contribution is -0.147. The maximum atomic E-state index is 13.4. The Morgan fingerprint density at radius 3 is 2.21 bits per heavy atom. The van der Waals surface area contributed by atoms with Gasteiger partial charge in [0, 0.05) is 24.7 Å². The van der Waals surface area contributed by atoms with Gasteiger partial charge in [0.1, 0.15) is 5.82 Å². The maximum absolute atomic E-state index is 13.4. The van der Waals surface area contributed by atoms with Crippen LogP contribution >= 0.6 is 0 Å². The number of carboxylic acids is 1. The van der Waals surface area contributed by atoms with Crippen LogP contribution in [-0.4, -0.2) is 70.4 Å². The van der Waals surface area contributed by atoms with Gasteiger partial charge in [0.2, 0.25) is 16.0 Å². The number of hydrogen-bond donors (Lipinski definition) is 5. The molecule has 0 saturated carbocycles. The Bertz CT molecular complexity index is 1070. The normalized spacial score (nSPS) is 13.4. The summed E-state index contributed by atoms with van der Waals surface area (Å²) in [6.45, 7) is 3.64. The van der Waals surface area contributed by atoms with E-state index in [-0.39, 0.29) is 17.6 Å². The molecule has 1 aromatic heterocycles. The smallest absolute Gasteiger partial charge is 0.332 e. The maximum Gasteiger partial charge on any atom is 0.332 e. The molecule has 0 fully saturated rings. The highest BCUT2D eigenvalue weighted by molar-refractivity contribution is 7.91. The molecule has 33 heavy (non-hydrogen) atoms. The highest BCUT2D eigenvalue weighted by Gasteiger charge is 2.20. The molecule has 1 aromatic carbocycles. The van der Waals surface area contributed by atoms with Crippen molar-refractivity contribution in [3.05, 3.63) is 47.4 Å². The van der Waals surface area contributed by atoms with Crippen molar-refractivity contribution in [3.63, 3.8) is 0 Å². The Morgan fingerprint density at radius 2 is 1.73 bits per heavy atom. The third-order valence-electron chi connectivity index (χ3n) is 4.15. The van der Waals surface area contributed by atoms with E-state index in [9.17, 15) is 27.8 Å². The summed E-state index contributed by atoms with van der Waals surface area (Å²) >= 11 is 0. The number of aromatic nitrogens is 2. The summed E-state index contributed by atoms with van der Waals surface area (Å²) in [5, 5.41) is 35.3. The molecule has 2 aromatic rings. The zero-order valence-corrected chi connectivity index (χ0v) is 19.4. The number of benzene rings is 1. The minimum atomic E-state index is -3.66. The van der Waals surface area contributed by atoms with Crippen molar-refractivity contribution in [2.24, 2.45) is 0 Å². The second-order valence-electron chi connectivity index (χ2n) is 7.25. The van der Waals surface area contributed by atoms with E-state index < -0.39 is 40.4 Å². The number of nitrogens with one attached hydrogen (secondary N) is 1. The molecule has 182 valence electrons. The Kier molecular flexibility index (Phi) is 10.5. The highest BCUT2D eigenvalue weighted by Crippen LogP contribution is 2.30. The molecule has 0 aliphatic rings. The molecule has 0 saturated heterocycles. The quantitative estimate of drug-likeness (QED) is 0.354. The summed E-state index contributed by atoms with van der Waals surface area (Å²) in [4.78, 5) is 19.3. The van der Waals surface area contributed by atoms with E-state index in [1.807, 2.05) is 13.8 Å². The Morgan fingerprint density at radius 1 is 1.15 bits per heavy atom. The van der Waals surface area contributed by atoms with E-state index in [0.29, 0.717) is 16.8 Å². The Labute approximate surface area is 191 Å². The topological polar surface area (TPSA) is 170 Å². The average Bonchev–Trinajstić information content (AvgIpc) is 2.73. The first-order chi connectivity index (χ1) is 15.4. The number of hydrogen-bond acceptors (Lipinski definition) is 8. The predicted molar refractivity (Wildman–Crippen MR) is 121 cm³/mol. The first-order valence-corrected chi connectivity index (χ1v) is 11.6. The van der Waals surface area contributed by atoms with E-state index in [0.717, 1.165) is 13.4 Å². The van der Waals surface area contributed by atoms with E-state index in [1.54, 1.807) is 0 Å². The van der Waals surface area contributed by atoms with Crippen molar-refractivity contribution in [2.45, 2.75) is 38.4 Å². The fraction of sp³-hybridized carbons (Fsp3) is 0.381. The van der Waals surface area contributed by atoms with Gasteiger partial charge in [0.05, 0.1) is 23.7 Å². The Balaban J connectivity index is 0.00000265. The average molecular weight is 486 g/mol. The third-order valence-corrected chi connectivity index (χ3v) is 4.70. The van der Waals surface area contributed by atoms with Crippen LogP contribution in [-0.2, 0) is 14.8 Å². The summed E-state index contributed by atoms with van der Waals surface area (Å²) in [5.41, 5.74) is 1.64. The summed E-state index contributed by atoms with van der Waals surface area (Å²) in [6, 6.07) is 5.38. The van der Waals surface area contributed by atoms with Gasteiger partial charge in [-0.1, -0.05) is 26.0 Å². The first kappa shape index (κ1) is 28.1. The molecule has 10 nitrogen and oxygen atoms in total. The van der Waals surface area contributed by atoms with Crippen LogP contribution in [0.15, 0.2) is 30.3 Å². The minimum Gasteiger partial charge on any atom is -0.479 e. The van der Waals surface area contributed by atoms with Crippen LogP contribution in [0.4, 0.5) is 10.3 Å². The molecule has 2 unspecified atom stereocenters. The van der Waals surface area contributed by atoms with E-state index in [2.05, 4.69) is 14.7 Å². The lowest BCUT2D eigenvalue weighted by atomic mass is 9.97. The van der Waals surface area contributed by atoms with Gasteiger partial charge >= 0.3 is 5.97 Å². The summed E-state index contributed by atoms with van der Waals surface area (Å²) < 4.78 is 39.0. The SMILES string of the molecule is CC(C)c1nc(NS(C)(=O)=O)nc(-c2ccc(F)cc2)c1/C=C/C(O)CC(O)C(=O)O.CO. The van der Waals surface area contributed by atoms with Gasteiger partial charge < -0.3 is 20.4 Å². The highest BCUT2D eigenvalue weighted by atomic mass is 32.2. The van der Waals surface area contributed by atoms with Gasteiger partial charge in [-0.15, -0.1) is 0 Å². The molecule has 0 amide bonds. The lowest BCUT2D eigenvalue weighted by Crippen LogP contribution is -2.24. The lowest BCUT2D eigenvalue weighted by Gasteiger charge is -2.16. The fourth-order valence-electron chi connectivity index (χ4n) is 2.75. The van der Waals surface area contributed by atoms with Crippen LogP contribution < -0.4 is 4.72 Å². The molecular weight excluding hydrogens is 457 g/mol. The second kappa shape index (κ2) is 12.3. The largest absolute Gasteiger partial charge is 0.479 e. The van der Waals surface area contributed by atoms with Gasteiger partial charge in [-0.05, 0) is 30.2 Å². The van der Waals surface area contributed by atoms with E-state index >= 15 is 0 Å². The molecule has 1 heterocycles. The van der Waals surface area contributed by atoms with Gasteiger partial charge in [-0.2, -0.15) is 0 Å². The van der Waals surface area contributed by atoms with E-state index in [4.69, 9.17) is 10.2 Å². The van der Waals surface area contributed by atoms with Crippen molar-refractivity contribution in [3.8, 4) is 11.3 Å². The summed E-state index contributed by atoms with van der Waals surface area (Å²) in [6.07, 6.45) is 0.272. The number of aliphatic carboxylic acids is 1. The molecule has 5 N–H and O–H groups in total. The molecule has 0 radical (unpaired) electrons. The number of anilines is 1. The standard InChI is InChI=1S/C20H24FN3O6S.CH4O/c1-11(2)17-15(9-8-14(25)10-16(26)19(27)28)18(12-4-6-13(21)7-5-12)23-20(22-17)24-31(3,29)30;1-2/h4-9,11,14,16,25-26H,10H2,1-3H3,(H,27,28)(H,22,23,24);2H,1H3/b9-8+;. The zero-order chi connectivity index (χ0) is 25.3. The van der Waals surface area contributed by atoms with Gasteiger partial charge in [-0.25, -0.2) is 27.6 Å². The van der Waals surface area contributed by atoms with Crippen LogP contribution in [0.3, 0.4) is 0 Å². The van der Waals surface area contributed by atoms with Crippen LogP contribution in [0.2, 0.25) is 0 Å². The van der Waals surface area contributed by atoms with Crippen molar-refractivity contribution in [1.82, 2.24) is 9.97 Å². The molecule has 0 aliphatic carbocycles. The van der Waals surface area contributed by atoms with Crippen molar-refractivity contribution < 1.29 is 38.0 Å². The number of aliphatic hydroxyl groups excluding tert-OH is 3. The predicted octanol–water partition coefficient (Wildman–Crippen LogP) is 1.60. The van der Waals surface area contributed by atoms with Crippen LogP contribution in [0.1, 0.15) is 37.4 Å². The number of carbonyl (C=O) groups is 1. The van der Waals surface area contributed by atoms with Crippen molar-refractivity contribution >= 4 is 28.0 Å². The number of halogens is 1. The molecule has 12 heteroatoms. The van der Waals surface area contributed by atoms with Gasteiger partial charge in [0.25, 0.3) is 0 Å². The molecule has 2 rings (SSSR count). The third kappa shape index (κ3) is 8.85. The van der Waals surface area contributed by atoms with Crippen LogP contribution in [0, 0.1) is 5.82 Å². The van der Waals surface area contributed by atoms with Crippen molar-refractivity contribution in [2.75, 3.05) is 18.1 Å². The summed E-state index contributed by atoms with van der Waals surface area (Å²) in [5.74, 6) is -2.28. The van der Waals surface area contributed by atoms with Crippen molar-refractivity contribution in [1.29, 1.82) is 0 Å². The minimum absolute atomic E-state index is 0.162.